The number of rotatable bonds is 7. The molecular weight excluding hydrogens is 374 g/mol. The van der Waals surface area contributed by atoms with Crippen LogP contribution in [0.3, 0.4) is 0 Å². The number of nitrogens with zero attached hydrogens (tertiary/aromatic N) is 3. The summed E-state index contributed by atoms with van der Waals surface area (Å²) in [7, 11) is -2.12. The fourth-order valence-corrected chi connectivity index (χ4v) is 3.30. The average molecular weight is 396 g/mol. The summed E-state index contributed by atoms with van der Waals surface area (Å²) >= 11 is 2.33. The maximum absolute atomic E-state index is 11.8. The molecule has 0 bridgehead atoms. The highest BCUT2D eigenvalue weighted by atomic mass is 32.2. The quantitative estimate of drug-likeness (QED) is 0.505. The molecule has 1 aromatic heterocycles. The number of sulfonamides is 1. The Hall–Kier alpha value is -1.24. The number of hydrogen-bond acceptors (Lipinski definition) is 8. The van der Waals surface area contributed by atoms with Gasteiger partial charge in [0.2, 0.25) is 27.0 Å². The van der Waals surface area contributed by atoms with Crippen LogP contribution in [0.25, 0.3) is 0 Å². The van der Waals surface area contributed by atoms with Gasteiger partial charge in [0, 0.05) is 12.6 Å². The summed E-state index contributed by atoms with van der Waals surface area (Å²) in [4.78, 5) is 23.5. The lowest BCUT2D eigenvalue weighted by Crippen LogP contribution is -2.41. The molecule has 0 unspecified atom stereocenters. The van der Waals surface area contributed by atoms with Crippen molar-refractivity contribution in [3.05, 3.63) is 0 Å². The largest absolute Gasteiger partial charge is 0.351 e. The van der Waals surface area contributed by atoms with Gasteiger partial charge in [0.25, 0.3) is 0 Å². The molecule has 1 rings (SSSR count). The van der Waals surface area contributed by atoms with E-state index in [1.54, 1.807) is 0 Å². The van der Waals surface area contributed by atoms with E-state index in [1.165, 1.54) is 18.8 Å². The van der Waals surface area contributed by atoms with Crippen LogP contribution < -0.4 is 10.6 Å². The van der Waals surface area contributed by atoms with Gasteiger partial charge in [-0.25, -0.2) is 8.42 Å². The summed E-state index contributed by atoms with van der Waals surface area (Å²) in [5.41, 5.74) is -0.302. The third-order valence-corrected chi connectivity index (χ3v) is 5.66. The molecule has 12 heteroatoms. The minimum atomic E-state index is -3.43. The number of carbonyl (C=O) groups excluding carboxylic acids is 2. The first-order valence-electron chi connectivity index (χ1n) is 6.85. The Bertz CT molecular complexity index is 696. The van der Waals surface area contributed by atoms with Crippen molar-refractivity contribution in [1.82, 2.24) is 19.8 Å². The second-order valence-corrected chi connectivity index (χ2v) is 10.3. The number of amides is 2. The summed E-state index contributed by atoms with van der Waals surface area (Å²) in [6.45, 7) is 5.36. The maximum atomic E-state index is 11.8. The van der Waals surface area contributed by atoms with E-state index in [0.717, 1.165) is 21.9 Å². The summed E-state index contributed by atoms with van der Waals surface area (Å²) < 4.78 is 24.0. The third-order valence-electron chi connectivity index (χ3n) is 2.43. The van der Waals surface area contributed by atoms with Gasteiger partial charge >= 0.3 is 0 Å². The average Bonchev–Trinajstić information content (AvgIpc) is 2.80. The Labute approximate surface area is 149 Å². The minimum absolute atomic E-state index is 0.122. The van der Waals surface area contributed by atoms with E-state index in [4.69, 9.17) is 0 Å². The maximum Gasteiger partial charge on any atom is 0.241 e. The van der Waals surface area contributed by atoms with Crippen LogP contribution in [-0.4, -0.2) is 65.9 Å². The molecule has 0 radical (unpaired) electrons. The first kappa shape index (κ1) is 20.8. The molecule has 0 aliphatic heterocycles. The predicted octanol–water partition coefficient (Wildman–Crippen LogP) is 0.375. The van der Waals surface area contributed by atoms with Crippen molar-refractivity contribution < 1.29 is 18.0 Å². The molecular formula is C12H21N5O4S3. The first-order chi connectivity index (χ1) is 10.9. The van der Waals surface area contributed by atoms with Crippen LogP contribution in [0.1, 0.15) is 20.8 Å². The molecule has 24 heavy (non-hydrogen) atoms. The second-order valence-electron chi connectivity index (χ2n) is 6.03. The van der Waals surface area contributed by atoms with Crippen molar-refractivity contribution in [3.8, 4) is 0 Å². The number of thioether (sulfide) groups is 1. The van der Waals surface area contributed by atoms with Gasteiger partial charge in [-0.3, -0.25) is 14.9 Å². The third kappa shape index (κ3) is 8.04. The van der Waals surface area contributed by atoms with E-state index in [9.17, 15) is 18.0 Å². The van der Waals surface area contributed by atoms with Crippen LogP contribution in [0.4, 0.5) is 5.13 Å². The number of anilines is 1. The van der Waals surface area contributed by atoms with Crippen molar-refractivity contribution in [1.29, 1.82) is 0 Å². The molecule has 9 nitrogen and oxygen atoms in total. The highest BCUT2D eigenvalue weighted by Crippen LogP contribution is 2.25. The van der Waals surface area contributed by atoms with Gasteiger partial charge in [0.1, 0.15) is 0 Å². The van der Waals surface area contributed by atoms with E-state index in [-0.39, 0.29) is 28.9 Å². The van der Waals surface area contributed by atoms with Gasteiger partial charge in [-0.2, -0.15) is 4.31 Å². The standard InChI is InChI=1S/C12H21N5O4S3/c1-12(2,3)14-9(19)7-22-11-16-15-10(23-11)13-8(18)6-17(4)24(5,20)21/h6-7H2,1-5H3,(H,14,19)(H,13,15,18). The Kier molecular flexibility index (Phi) is 7.13. The van der Waals surface area contributed by atoms with Gasteiger partial charge in [-0.15, -0.1) is 10.2 Å². The van der Waals surface area contributed by atoms with Gasteiger partial charge in [-0.1, -0.05) is 23.1 Å². The number of aromatic nitrogens is 2. The molecule has 0 spiro atoms. The van der Waals surface area contributed by atoms with Crippen LogP contribution >= 0.6 is 23.1 Å². The summed E-state index contributed by atoms with van der Waals surface area (Å²) in [5.74, 6) is -0.444. The molecule has 2 N–H and O–H groups in total. The van der Waals surface area contributed by atoms with Gasteiger partial charge < -0.3 is 5.32 Å². The number of nitrogens with one attached hydrogen (secondary N) is 2. The van der Waals surface area contributed by atoms with Gasteiger partial charge in [0.15, 0.2) is 4.34 Å². The number of hydrogen-bond donors (Lipinski definition) is 2. The number of carbonyl (C=O) groups is 2. The fourth-order valence-electron chi connectivity index (χ4n) is 1.38. The molecule has 136 valence electrons. The van der Waals surface area contributed by atoms with E-state index in [0.29, 0.717) is 4.34 Å². The monoisotopic (exact) mass is 395 g/mol. The highest BCUT2D eigenvalue weighted by Gasteiger charge is 2.17. The zero-order chi connectivity index (χ0) is 18.5. The lowest BCUT2D eigenvalue weighted by atomic mass is 10.1. The predicted molar refractivity (Wildman–Crippen MR) is 94.6 cm³/mol. The number of likely N-dealkylation sites (N-methyl/N-ethyl adjacent to an activating group) is 1. The van der Waals surface area contributed by atoms with Gasteiger partial charge in [-0.05, 0) is 20.8 Å². The summed E-state index contributed by atoms with van der Waals surface area (Å²) in [5, 5.41) is 13.2. The SMILES string of the molecule is CN(CC(=O)Nc1nnc(SCC(=O)NC(C)(C)C)s1)S(C)(=O)=O. The molecule has 0 saturated heterocycles. The molecule has 0 aromatic carbocycles. The van der Waals surface area contributed by atoms with E-state index in [1.807, 2.05) is 20.8 Å². The smallest absolute Gasteiger partial charge is 0.241 e. The summed E-state index contributed by atoms with van der Waals surface area (Å²) in [6, 6.07) is 0. The molecule has 0 fully saturated rings. The van der Waals surface area contributed by atoms with E-state index in [2.05, 4.69) is 20.8 Å². The Morgan fingerprint density at radius 3 is 2.42 bits per heavy atom. The molecule has 0 aliphatic carbocycles. The van der Waals surface area contributed by atoms with Crippen LogP contribution in [0, 0.1) is 0 Å². The second kappa shape index (κ2) is 8.23. The zero-order valence-electron chi connectivity index (χ0n) is 14.1. The van der Waals surface area contributed by atoms with Gasteiger partial charge in [0.05, 0.1) is 18.6 Å². The lowest BCUT2D eigenvalue weighted by molar-refractivity contribution is -0.120. The van der Waals surface area contributed by atoms with E-state index >= 15 is 0 Å². The van der Waals surface area contributed by atoms with Crippen molar-refractivity contribution in [3.63, 3.8) is 0 Å². The molecule has 0 atom stereocenters. The van der Waals surface area contributed by atoms with Crippen molar-refractivity contribution in [2.24, 2.45) is 0 Å². The normalized spacial score (nSPS) is 12.2. The first-order valence-corrected chi connectivity index (χ1v) is 10.5. The van der Waals surface area contributed by atoms with Crippen LogP contribution in [0.2, 0.25) is 0 Å². The molecule has 2 amide bonds. The highest BCUT2D eigenvalue weighted by molar-refractivity contribution is 8.01. The Morgan fingerprint density at radius 2 is 1.88 bits per heavy atom. The topological polar surface area (TPSA) is 121 Å². The van der Waals surface area contributed by atoms with Crippen LogP contribution in [0.15, 0.2) is 4.34 Å². The Balaban J connectivity index is 2.49. The van der Waals surface area contributed by atoms with Crippen molar-refractivity contribution >= 4 is 50.1 Å². The lowest BCUT2D eigenvalue weighted by Gasteiger charge is -2.19. The van der Waals surface area contributed by atoms with Crippen molar-refractivity contribution in [2.45, 2.75) is 30.6 Å². The molecule has 1 heterocycles. The summed E-state index contributed by atoms with van der Waals surface area (Å²) in [6.07, 6.45) is 1.02. The van der Waals surface area contributed by atoms with Crippen LogP contribution in [-0.2, 0) is 19.6 Å². The molecule has 0 saturated carbocycles. The van der Waals surface area contributed by atoms with E-state index < -0.39 is 15.9 Å². The molecule has 0 aliphatic rings. The fraction of sp³-hybridized carbons (Fsp3) is 0.667. The van der Waals surface area contributed by atoms with Crippen LogP contribution in [0.5, 0.6) is 0 Å². The van der Waals surface area contributed by atoms with Crippen molar-refractivity contribution in [2.75, 3.05) is 30.9 Å². The zero-order valence-corrected chi connectivity index (χ0v) is 16.6. The minimum Gasteiger partial charge on any atom is -0.351 e. The molecule has 1 aromatic rings. The Morgan fingerprint density at radius 1 is 1.25 bits per heavy atom.